The Kier molecular flexibility index (Phi) is 3.42. The quantitative estimate of drug-likeness (QED) is 0.788. The van der Waals surface area contributed by atoms with E-state index in [4.69, 9.17) is 14.6 Å². The van der Waals surface area contributed by atoms with E-state index in [0.29, 0.717) is 11.5 Å². The number of carbonyl (C=O) groups excluding carboxylic acids is 1. The van der Waals surface area contributed by atoms with E-state index in [9.17, 15) is 14.7 Å². The molecule has 1 saturated heterocycles. The summed E-state index contributed by atoms with van der Waals surface area (Å²) >= 11 is 0. The van der Waals surface area contributed by atoms with Crippen LogP contribution in [0.15, 0.2) is 24.3 Å². The SMILES string of the molecule is O=C(O)[C@@H]1C[C@H](O)CN1C(=O)C1COc2ccccc2O1. The Labute approximate surface area is 120 Å². The fraction of sp³-hybridized carbons (Fsp3) is 0.429. The Morgan fingerprint density at radius 1 is 1.24 bits per heavy atom. The Morgan fingerprint density at radius 3 is 2.67 bits per heavy atom. The molecular formula is C14H15NO6. The average molecular weight is 293 g/mol. The first kappa shape index (κ1) is 13.7. The van der Waals surface area contributed by atoms with Gasteiger partial charge in [0, 0.05) is 13.0 Å². The zero-order valence-electron chi connectivity index (χ0n) is 11.1. The standard InChI is InChI=1S/C14H15NO6/c16-8-5-9(14(18)19)15(6-8)13(17)12-7-20-10-3-1-2-4-11(10)21-12/h1-4,8-9,12,16H,5-7H2,(H,18,19)/t8-,9-,12?/m0/s1. The number of aliphatic hydroxyl groups is 1. The topological polar surface area (TPSA) is 96.3 Å². The molecule has 21 heavy (non-hydrogen) atoms. The largest absolute Gasteiger partial charge is 0.485 e. The molecule has 2 aliphatic rings. The number of amides is 1. The van der Waals surface area contributed by atoms with Gasteiger partial charge in [0.15, 0.2) is 11.5 Å². The summed E-state index contributed by atoms with van der Waals surface area (Å²) in [4.78, 5) is 24.7. The zero-order chi connectivity index (χ0) is 15.0. The number of hydrogen-bond donors (Lipinski definition) is 2. The molecule has 2 N–H and O–H groups in total. The van der Waals surface area contributed by atoms with Gasteiger partial charge in [-0.3, -0.25) is 4.79 Å². The van der Waals surface area contributed by atoms with E-state index in [1.54, 1.807) is 24.3 Å². The van der Waals surface area contributed by atoms with Crippen molar-refractivity contribution in [3.05, 3.63) is 24.3 Å². The van der Waals surface area contributed by atoms with E-state index in [0.717, 1.165) is 4.90 Å². The van der Waals surface area contributed by atoms with Crippen LogP contribution in [0.5, 0.6) is 11.5 Å². The van der Waals surface area contributed by atoms with Crippen molar-refractivity contribution in [1.29, 1.82) is 0 Å². The number of β-amino-alcohol motifs (C(OH)–C–C–N with tert-alkyl or cyclic N) is 1. The van der Waals surface area contributed by atoms with Crippen LogP contribution >= 0.6 is 0 Å². The van der Waals surface area contributed by atoms with Gasteiger partial charge in [0.1, 0.15) is 12.6 Å². The van der Waals surface area contributed by atoms with Gasteiger partial charge in [-0.2, -0.15) is 0 Å². The van der Waals surface area contributed by atoms with Crippen molar-refractivity contribution in [2.75, 3.05) is 13.2 Å². The molecule has 112 valence electrons. The van der Waals surface area contributed by atoms with Crippen molar-refractivity contribution in [2.45, 2.75) is 24.7 Å². The van der Waals surface area contributed by atoms with E-state index < -0.39 is 30.1 Å². The highest BCUT2D eigenvalue weighted by atomic mass is 16.6. The molecule has 1 aromatic rings. The average Bonchev–Trinajstić information content (AvgIpc) is 2.88. The third-order valence-corrected chi connectivity index (χ3v) is 3.63. The minimum atomic E-state index is -1.13. The molecule has 2 aliphatic heterocycles. The van der Waals surface area contributed by atoms with Crippen LogP contribution in [-0.2, 0) is 9.59 Å². The number of aliphatic hydroxyl groups excluding tert-OH is 1. The van der Waals surface area contributed by atoms with E-state index in [1.807, 2.05) is 0 Å². The second-order valence-corrected chi connectivity index (χ2v) is 5.10. The number of aliphatic carboxylic acids is 1. The normalized spacial score (nSPS) is 27.5. The molecule has 3 atom stereocenters. The fourth-order valence-electron chi connectivity index (χ4n) is 2.62. The number of para-hydroxylation sites is 2. The summed E-state index contributed by atoms with van der Waals surface area (Å²) in [6.07, 6.45) is -1.69. The molecule has 3 rings (SSSR count). The summed E-state index contributed by atoms with van der Waals surface area (Å²) in [5.74, 6) is -0.600. The lowest BCUT2D eigenvalue weighted by molar-refractivity contribution is -0.152. The lowest BCUT2D eigenvalue weighted by atomic mass is 10.2. The molecule has 1 amide bonds. The van der Waals surface area contributed by atoms with E-state index in [-0.39, 0.29) is 19.6 Å². The summed E-state index contributed by atoms with van der Waals surface area (Å²) in [6.45, 7) is 0.0199. The smallest absolute Gasteiger partial charge is 0.326 e. The maximum atomic E-state index is 12.4. The third-order valence-electron chi connectivity index (χ3n) is 3.63. The molecule has 0 spiro atoms. The molecule has 0 radical (unpaired) electrons. The van der Waals surface area contributed by atoms with Crippen molar-refractivity contribution in [3.63, 3.8) is 0 Å². The van der Waals surface area contributed by atoms with Gasteiger partial charge in [0.25, 0.3) is 5.91 Å². The molecule has 1 fully saturated rings. The second-order valence-electron chi connectivity index (χ2n) is 5.10. The van der Waals surface area contributed by atoms with Gasteiger partial charge >= 0.3 is 5.97 Å². The van der Waals surface area contributed by atoms with Gasteiger partial charge < -0.3 is 24.6 Å². The van der Waals surface area contributed by atoms with E-state index in [2.05, 4.69) is 0 Å². The van der Waals surface area contributed by atoms with Gasteiger partial charge in [-0.15, -0.1) is 0 Å². The fourth-order valence-corrected chi connectivity index (χ4v) is 2.62. The molecule has 0 saturated carbocycles. The molecule has 0 aliphatic carbocycles. The van der Waals surface area contributed by atoms with Crippen molar-refractivity contribution >= 4 is 11.9 Å². The number of carbonyl (C=O) groups is 2. The van der Waals surface area contributed by atoms with Crippen molar-refractivity contribution in [1.82, 2.24) is 4.90 Å². The van der Waals surface area contributed by atoms with Crippen LogP contribution < -0.4 is 9.47 Å². The van der Waals surface area contributed by atoms with Crippen LogP contribution in [0.4, 0.5) is 0 Å². The van der Waals surface area contributed by atoms with Gasteiger partial charge in [-0.05, 0) is 12.1 Å². The number of likely N-dealkylation sites (tertiary alicyclic amines) is 1. The molecule has 1 aromatic carbocycles. The molecule has 2 heterocycles. The van der Waals surface area contributed by atoms with E-state index >= 15 is 0 Å². The van der Waals surface area contributed by atoms with E-state index in [1.165, 1.54) is 0 Å². The summed E-state index contributed by atoms with van der Waals surface area (Å²) < 4.78 is 11.0. The number of rotatable bonds is 2. The summed E-state index contributed by atoms with van der Waals surface area (Å²) in [5, 5.41) is 18.7. The van der Waals surface area contributed by atoms with Gasteiger partial charge in [-0.25, -0.2) is 4.79 Å². The summed E-state index contributed by atoms with van der Waals surface area (Å²) in [6, 6.07) is 5.95. The number of fused-ring (bicyclic) bond motifs is 1. The lowest BCUT2D eigenvalue weighted by Crippen LogP contribution is -2.50. The number of benzene rings is 1. The maximum Gasteiger partial charge on any atom is 0.326 e. The Bertz CT molecular complexity index is 574. The summed E-state index contributed by atoms with van der Waals surface area (Å²) in [5.41, 5.74) is 0. The number of nitrogens with zero attached hydrogens (tertiary/aromatic N) is 1. The molecule has 0 bridgehead atoms. The predicted molar refractivity (Wildman–Crippen MR) is 70.1 cm³/mol. The number of carboxylic acids is 1. The number of ether oxygens (including phenoxy) is 2. The van der Waals surface area contributed by atoms with Gasteiger partial charge in [0.05, 0.1) is 6.10 Å². The highest BCUT2D eigenvalue weighted by Crippen LogP contribution is 2.32. The molecule has 0 aromatic heterocycles. The van der Waals surface area contributed by atoms with Crippen LogP contribution in [0.1, 0.15) is 6.42 Å². The van der Waals surface area contributed by atoms with Gasteiger partial charge in [-0.1, -0.05) is 12.1 Å². The highest BCUT2D eigenvalue weighted by molar-refractivity contribution is 5.87. The Morgan fingerprint density at radius 2 is 1.95 bits per heavy atom. The Balaban J connectivity index is 1.76. The van der Waals surface area contributed by atoms with Crippen LogP contribution in [0.3, 0.4) is 0 Å². The van der Waals surface area contributed by atoms with Crippen LogP contribution in [0.25, 0.3) is 0 Å². The third kappa shape index (κ3) is 2.52. The first-order chi connectivity index (χ1) is 10.1. The van der Waals surface area contributed by atoms with Crippen LogP contribution in [-0.4, -0.2) is 58.4 Å². The number of carboxylic acid groups (broad SMARTS) is 1. The first-order valence-electron chi connectivity index (χ1n) is 6.66. The zero-order valence-corrected chi connectivity index (χ0v) is 11.1. The van der Waals surface area contributed by atoms with Crippen molar-refractivity contribution in [3.8, 4) is 11.5 Å². The second kappa shape index (κ2) is 5.25. The minimum absolute atomic E-state index is 0.00267. The highest BCUT2D eigenvalue weighted by Gasteiger charge is 2.42. The maximum absolute atomic E-state index is 12.4. The first-order valence-corrected chi connectivity index (χ1v) is 6.66. The van der Waals surface area contributed by atoms with Crippen molar-refractivity contribution < 1.29 is 29.3 Å². The number of hydrogen-bond acceptors (Lipinski definition) is 5. The molecule has 7 nitrogen and oxygen atoms in total. The monoisotopic (exact) mass is 293 g/mol. The predicted octanol–water partition coefficient (Wildman–Crippen LogP) is -0.127. The van der Waals surface area contributed by atoms with Crippen molar-refractivity contribution in [2.24, 2.45) is 0 Å². The lowest BCUT2D eigenvalue weighted by Gasteiger charge is -2.30. The Hall–Kier alpha value is -2.28. The summed E-state index contributed by atoms with van der Waals surface area (Å²) in [7, 11) is 0. The molecular weight excluding hydrogens is 278 g/mol. The van der Waals surface area contributed by atoms with Crippen LogP contribution in [0.2, 0.25) is 0 Å². The molecule has 1 unspecified atom stereocenters. The molecule has 7 heteroatoms. The minimum Gasteiger partial charge on any atom is -0.485 e. The van der Waals surface area contributed by atoms with Crippen LogP contribution in [0, 0.1) is 0 Å². The van der Waals surface area contributed by atoms with Gasteiger partial charge in [0.2, 0.25) is 6.10 Å².